The van der Waals surface area contributed by atoms with Crippen LogP contribution in [0, 0.1) is 0 Å². The van der Waals surface area contributed by atoms with E-state index in [0.29, 0.717) is 0 Å². The fourth-order valence-corrected chi connectivity index (χ4v) is 2.48. The molecule has 1 atom stereocenters. The van der Waals surface area contributed by atoms with Gasteiger partial charge in [-0.1, -0.05) is 11.6 Å². The summed E-state index contributed by atoms with van der Waals surface area (Å²) >= 11 is 6.00. The average molecular weight is 256 g/mol. The largest absolute Gasteiger partial charge is 0.496 e. The highest BCUT2D eigenvalue weighted by Crippen LogP contribution is 2.25. The molecule has 1 aliphatic heterocycles. The summed E-state index contributed by atoms with van der Waals surface area (Å²) in [5, 5.41) is 10.4. The number of β-amino-alcohol motifs (C(OH)–C–C–N with tert-alkyl or cyclic N) is 1. The van der Waals surface area contributed by atoms with Gasteiger partial charge in [-0.25, -0.2) is 0 Å². The number of likely N-dealkylation sites (tertiary alicyclic amines) is 1. The lowest BCUT2D eigenvalue weighted by Gasteiger charge is -2.30. The first-order chi connectivity index (χ1) is 8.19. The Morgan fingerprint density at radius 2 is 2.35 bits per heavy atom. The Hall–Kier alpha value is -0.770. The zero-order chi connectivity index (χ0) is 12.3. The molecular weight excluding hydrogens is 238 g/mol. The number of aliphatic hydroxyl groups is 1. The van der Waals surface area contributed by atoms with Crippen molar-refractivity contribution in [3.63, 3.8) is 0 Å². The van der Waals surface area contributed by atoms with Crippen molar-refractivity contribution in [2.45, 2.75) is 25.5 Å². The van der Waals surface area contributed by atoms with Crippen molar-refractivity contribution in [2.75, 3.05) is 20.2 Å². The predicted octanol–water partition coefficient (Wildman–Crippen LogP) is 2.31. The number of hydrogen-bond donors (Lipinski definition) is 1. The van der Waals surface area contributed by atoms with Gasteiger partial charge in [-0.2, -0.15) is 0 Å². The van der Waals surface area contributed by atoms with Crippen LogP contribution in [0.3, 0.4) is 0 Å². The summed E-state index contributed by atoms with van der Waals surface area (Å²) in [5.74, 6) is 0.856. The lowest BCUT2D eigenvalue weighted by Crippen LogP contribution is -2.37. The molecule has 0 radical (unpaired) electrons. The number of nitrogens with zero attached hydrogens (tertiary/aromatic N) is 1. The smallest absolute Gasteiger partial charge is 0.123 e. The zero-order valence-electron chi connectivity index (χ0n) is 10.0. The molecule has 1 aliphatic rings. The highest BCUT2D eigenvalue weighted by atomic mass is 35.5. The summed E-state index contributed by atoms with van der Waals surface area (Å²) in [6.07, 6.45) is 1.75. The van der Waals surface area contributed by atoms with Crippen molar-refractivity contribution < 1.29 is 9.84 Å². The maximum atomic E-state index is 9.64. The van der Waals surface area contributed by atoms with Crippen LogP contribution in [0.25, 0.3) is 0 Å². The molecule has 0 aliphatic carbocycles. The number of methoxy groups -OCH3 is 1. The Bertz CT molecular complexity index is 384. The molecule has 1 heterocycles. The van der Waals surface area contributed by atoms with Crippen LogP contribution >= 0.6 is 11.6 Å². The van der Waals surface area contributed by atoms with Crippen LogP contribution in [-0.2, 0) is 6.54 Å². The van der Waals surface area contributed by atoms with E-state index in [9.17, 15) is 5.11 Å². The Morgan fingerprint density at radius 3 is 3.06 bits per heavy atom. The molecule has 0 amide bonds. The number of rotatable bonds is 3. The van der Waals surface area contributed by atoms with Crippen molar-refractivity contribution in [1.82, 2.24) is 4.90 Å². The molecule has 0 unspecified atom stereocenters. The molecule has 2 rings (SSSR count). The lowest BCUT2D eigenvalue weighted by molar-refractivity contribution is 0.0664. The third-order valence-corrected chi connectivity index (χ3v) is 3.35. The van der Waals surface area contributed by atoms with Gasteiger partial charge in [-0.15, -0.1) is 0 Å². The number of aliphatic hydroxyl groups excluding tert-OH is 1. The van der Waals surface area contributed by atoms with Crippen molar-refractivity contribution in [3.05, 3.63) is 28.8 Å². The SMILES string of the molecule is COc1ccc(Cl)cc1CN1CCC[C@H](O)C1. The second-order valence-electron chi connectivity index (χ2n) is 4.49. The van der Waals surface area contributed by atoms with Gasteiger partial charge >= 0.3 is 0 Å². The normalized spacial score (nSPS) is 21.5. The van der Waals surface area contributed by atoms with E-state index in [1.165, 1.54) is 0 Å². The van der Waals surface area contributed by atoms with Crippen molar-refractivity contribution >= 4 is 11.6 Å². The lowest BCUT2D eigenvalue weighted by atomic mass is 10.1. The number of ether oxygens (including phenoxy) is 1. The van der Waals surface area contributed by atoms with Crippen LogP contribution in [0.5, 0.6) is 5.75 Å². The summed E-state index contributed by atoms with van der Waals surface area (Å²) in [7, 11) is 1.66. The second-order valence-corrected chi connectivity index (χ2v) is 4.92. The van der Waals surface area contributed by atoms with E-state index in [0.717, 1.165) is 48.8 Å². The van der Waals surface area contributed by atoms with Crippen LogP contribution in [0.4, 0.5) is 0 Å². The third-order valence-electron chi connectivity index (χ3n) is 3.12. The van der Waals surface area contributed by atoms with Gasteiger partial charge in [-0.3, -0.25) is 4.90 Å². The van der Waals surface area contributed by atoms with Gasteiger partial charge in [0.25, 0.3) is 0 Å². The minimum Gasteiger partial charge on any atom is -0.496 e. The number of piperidine rings is 1. The van der Waals surface area contributed by atoms with E-state index in [1.807, 2.05) is 18.2 Å². The minimum absolute atomic E-state index is 0.200. The predicted molar refractivity (Wildman–Crippen MR) is 68.5 cm³/mol. The fraction of sp³-hybridized carbons (Fsp3) is 0.538. The quantitative estimate of drug-likeness (QED) is 0.900. The molecule has 0 bridgehead atoms. The molecule has 4 heteroatoms. The topological polar surface area (TPSA) is 32.7 Å². The van der Waals surface area contributed by atoms with Crippen LogP contribution in [0.1, 0.15) is 18.4 Å². The maximum Gasteiger partial charge on any atom is 0.123 e. The summed E-state index contributed by atoms with van der Waals surface area (Å²) < 4.78 is 5.32. The van der Waals surface area contributed by atoms with Crippen LogP contribution in [-0.4, -0.2) is 36.3 Å². The molecule has 1 fully saturated rings. The molecule has 1 saturated heterocycles. The summed E-state index contributed by atoms with van der Waals surface area (Å²) in [4.78, 5) is 2.24. The van der Waals surface area contributed by atoms with E-state index >= 15 is 0 Å². The first-order valence-corrected chi connectivity index (χ1v) is 6.29. The molecule has 1 aromatic carbocycles. The van der Waals surface area contributed by atoms with E-state index in [-0.39, 0.29) is 6.10 Å². The molecule has 17 heavy (non-hydrogen) atoms. The minimum atomic E-state index is -0.200. The molecule has 1 N–H and O–H groups in total. The summed E-state index contributed by atoms with van der Waals surface area (Å²) in [5.41, 5.74) is 1.08. The van der Waals surface area contributed by atoms with Crippen LogP contribution in [0.15, 0.2) is 18.2 Å². The molecule has 94 valence electrons. The van der Waals surface area contributed by atoms with Gasteiger partial charge in [0.1, 0.15) is 5.75 Å². The Morgan fingerprint density at radius 1 is 1.53 bits per heavy atom. The molecule has 0 aromatic heterocycles. The molecule has 3 nitrogen and oxygen atoms in total. The number of benzene rings is 1. The Kier molecular flexibility index (Phi) is 4.26. The van der Waals surface area contributed by atoms with Crippen molar-refractivity contribution in [1.29, 1.82) is 0 Å². The molecule has 0 spiro atoms. The van der Waals surface area contributed by atoms with E-state index in [1.54, 1.807) is 7.11 Å². The van der Waals surface area contributed by atoms with Gasteiger partial charge < -0.3 is 9.84 Å². The van der Waals surface area contributed by atoms with Crippen molar-refractivity contribution in [3.8, 4) is 5.75 Å². The Balaban J connectivity index is 2.08. The van der Waals surface area contributed by atoms with Gasteiger partial charge in [0.15, 0.2) is 0 Å². The summed E-state index contributed by atoms with van der Waals surface area (Å²) in [6, 6.07) is 5.65. The first kappa shape index (κ1) is 12.7. The van der Waals surface area contributed by atoms with Crippen LogP contribution < -0.4 is 4.74 Å². The van der Waals surface area contributed by atoms with Crippen molar-refractivity contribution in [2.24, 2.45) is 0 Å². The second kappa shape index (κ2) is 5.71. The van der Waals surface area contributed by atoms with E-state index in [4.69, 9.17) is 16.3 Å². The monoisotopic (exact) mass is 255 g/mol. The molecule has 1 aromatic rings. The summed E-state index contributed by atoms with van der Waals surface area (Å²) in [6.45, 7) is 2.53. The maximum absolute atomic E-state index is 9.64. The zero-order valence-corrected chi connectivity index (χ0v) is 10.8. The van der Waals surface area contributed by atoms with Gasteiger partial charge in [0.2, 0.25) is 0 Å². The first-order valence-electron chi connectivity index (χ1n) is 5.92. The number of hydrogen-bond acceptors (Lipinski definition) is 3. The molecule has 0 saturated carbocycles. The molecular formula is C13H18ClNO2. The third kappa shape index (κ3) is 3.35. The fourth-order valence-electron chi connectivity index (χ4n) is 2.29. The van der Waals surface area contributed by atoms with Gasteiger partial charge in [-0.05, 0) is 37.6 Å². The highest BCUT2D eigenvalue weighted by Gasteiger charge is 2.18. The van der Waals surface area contributed by atoms with Crippen LogP contribution in [0.2, 0.25) is 5.02 Å². The van der Waals surface area contributed by atoms with Gasteiger partial charge in [0.05, 0.1) is 13.2 Å². The van der Waals surface area contributed by atoms with E-state index in [2.05, 4.69) is 4.90 Å². The van der Waals surface area contributed by atoms with Gasteiger partial charge in [0, 0.05) is 23.7 Å². The highest BCUT2D eigenvalue weighted by molar-refractivity contribution is 6.30. The standard InChI is InChI=1S/C13H18ClNO2/c1-17-13-5-4-11(14)7-10(13)8-15-6-2-3-12(16)9-15/h4-5,7,12,16H,2-3,6,8-9H2,1H3/t12-/m0/s1. The van der Waals surface area contributed by atoms with E-state index < -0.39 is 0 Å². The number of halogens is 1. The average Bonchev–Trinajstić information content (AvgIpc) is 2.29. The Labute approximate surface area is 107 Å².